The van der Waals surface area contributed by atoms with Gasteiger partial charge in [0, 0.05) is 18.7 Å². The Morgan fingerprint density at radius 3 is 1.18 bits per heavy atom. The van der Waals surface area contributed by atoms with E-state index in [2.05, 4.69) is 31.4 Å². The fourth-order valence-corrected chi connectivity index (χ4v) is 6.74. The lowest BCUT2D eigenvalue weighted by Gasteiger charge is -2.14. The minimum atomic E-state index is -0.106. The number of ether oxygens (including phenoxy) is 1. The molecule has 0 heterocycles. The fraction of sp³-hybridized carbons (Fsp3) is 0.822. The van der Waals surface area contributed by atoms with Crippen LogP contribution in [0.5, 0.6) is 5.75 Å². The minimum Gasteiger partial charge on any atom is -0.493 e. The van der Waals surface area contributed by atoms with E-state index in [4.69, 9.17) is 4.74 Å². The van der Waals surface area contributed by atoms with Crippen LogP contribution in [0.15, 0.2) is 18.2 Å². The molecule has 1 rings (SSSR count). The maximum absolute atomic E-state index is 13.2. The molecule has 0 aliphatic carbocycles. The minimum absolute atomic E-state index is 0.0873. The third-order valence-electron chi connectivity index (χ3n) is 10.1. The molecule has 0 spiro atoms. The van der Waals surface area contributed by atoms with E-state index < -0.39 is 0 Å². The largest absolute Gasteiger partial charge is 0.493 e. The molecule has 5 heteroatoms. The lowest BCUT2D eigenvalue weighted by atomic mass is 10.0. The number of amides is 2. The van der Waals surface area contributed by atoms with Crippen LogP contribution in [-0.4, -0.2) is 31.5 Å². The second kappa shape index (κ2) is 35.4. The molecule has 0 atom stereocenters. The van der Waals surface area contributed by atoms with E-state index in [9.17, 15) is 9.59 Å². The first-order valence-electron chi connectivity index (χ1n) is 22.0. The molecule has 0 saturated heterocycles. The molecule has 1 aromatic rings. The number of carbonyl (C=O) groups excluding carboxylic acids is 2. The SMILES string of the molecule is CCCCCCCCCCCCCCCCCOc1cc(C(=O)NCCCCCCCCCC)ccc1C(=O)NCCCCCCCCCC. The summed E-state index contributed by atoms with van der Waals surface area (Å²) >= 11 is 0. The maximum atomic E-state index is 13.2. The average molecular weight is 699 g/mol. The van der Waals surface area contributed by atoms with Crippen LogP contribution >= 0.6 is 0 Å². The first-order valence-corrected chi connectivity index (χ1v) is 22.0. The van der Waals surface area contributed by atoms with E-state index in [1.165, 1.54) is 161 Å². The van der Waals surface area contributed by atoms with Gasteiger partial charge in [-0.3, -0.25) is 9.59 Å². The molecule has 290 valence electrons. The van der Waals surface area contributed by atoms with Gasteiger partial charge in [-0.05, 0) is 37.5 Å². The van der Waals surface area contributed by atoms with Crippen LogP contribution in [0.4, 0.5) is 0 Å². The van der Waals surface area contributed by atoms with Gasteiger partial charge < -0.3 is 15.4 Å². The highest BCUT2D eigenvalue weighted by molar-refractivity contribution is 6.00. The Morgan fingerprint density at radius 2 is 0.780 bits per heavy atom. The Balaban J connectivity index is 2.44. The zero-order valence-electron chi connectivity index (χ0n) is 33.5. The normalized spacial score (nSPS) is 11.2. The van der Waals surface area contributed by atoms with E-state index >= 15 is 0 Å². The van der Waals surface area contributed by atoms with Gasteiger partial charge >= 0.3 is 0 Å². The van der Waals surface area contributed by atoms with Crippen LogP contribution in [-0.2, 0) is 0 Å². The molecule has 0 saturated carbocycles. The van der Waals surface area contributed by atoms with Crippen LogP contribution in [0.1, 0.15) is 241 Å². The van der Waals surface area contributed by atoms with Crippen LogP contribution in [0, 0.1) is 0 Å². The zero-order valence-corrected chi connectivity index (χ0v) is 33.5. The molecule has 0 aliphatic rings. The molecule has 2 amide bonds. The predicted molar refractivity (Wildman–Crippen MR) is 217 cm³/mol. The number of hydrogen-bond acceptors (Lipinski definition) is 3. The summed E-state index contributed by atoms with van der Waals surface area (Å²) in [5.41, 5.74) is 1.10. The monoisotopic (exact) mass is 699 g/mol. The van der Waals surface area contributed by atoms with E-state index in [1.54, 1.807) is 18.2 Å². The highest BCUT2D eigenvalue weighted by Crippen LogP contribution is 2.22. The van der Waals surface area contributed by atoms with Crippen molar-refractivity contribution in [2.75, 3.05) is 19.7 Å². The van der Waals surface area contributed by atoms with Crippen molar-refractivity contribution in [1.82, 2.24) is 10.6 Å². The third-order valence-corrected chi connectivity index (χ3v) is 10.1. The second-order valence-electron chi connectivity index (χ2n) is 15.0. The van der Waals surface area contributed by atoms with Crippen molar-refractivity contribution in [3.05, 3.63) is 29.3 Å². The van der Waals surface area contributed by atoms with Gasteiger partial charge in [-0.25, -0.2) is 0 Å². The van der Waals surface area contributed by atoms with E-state index in [0.29, 0.717) is 36.6 Å². The summed E-state index contributed by atoms with van der Waals surface area (Å²) in [4.78, 5) is 26.2. The number of hydrogen-bond donors (Lipinski definition) is 2. The molecule has 50 heavy (non-hydrogen) atoms. The first kappa shape index (κ1) is 46.0. The highest BCUT2D eigenvalue weighted by atomic mass is 16.5. The molecule has 0 aromatic heterocycles. The summed E-state index contributed by atoms with van der Waals surface area (Å²) in [6.07, 6.45) is 39.8. The van der Waals surface area contributed by atoms with Gasteiger partial charge in [0.15, 0.2) is 0 Å². The number of rotatable bonds is 37. The van der Waals surface area contributed by atoms with Crippen LogP contribution in [0.25, 0.3) is 0 Å². The van der Waals surface area contributed by atoms with Crippen molar-refractivity contribution in [2.45, 2.75) is 220 Å². The molecule has 1 aromatic carbocycles. The smallest absolute Gasteiger partial charge is 0.255 e. The average Bonchev–Trinajstić information content (AvgIpc) is 3.13. The Kier molecular flexibility index (Phi) is 32.5. The highest BCUT2D eigenvalue weighted by Gasteiger charge is 2.16. The van der Waals surface area contributed by atoms with Crippen LogP contribution < -0.4 is 15.4 Å². The van der Waals surface area contributed by atoms with Crippen molar-refractivity contribution in [3.8, 4) is 5.75 Å². The molecule has 0 bridgehead atoms. The number of carbonyl (C=O) groups is 2. The predicted octanol–water partition coefficient (Wildman–Crippen LogP) is 13.7. The second-order valence-corrected chi connectivity index (χ2v) is 15.0. The number of benzene rings is 1. The maximum Gasteiger partial charge on any atom is 0.255 e. The Bertz CT molecular complexity index is 918. The topological polar surface area (TPSA) is 67.4 Å². The molecule has 0 aliphatic heterocycles. The molecule has 0 fully saturated rings. The van der Waals surface area contributed by atoms with Gasteiger partial charge in [-0.1, -0.05) is 201 Å². The van der Waals surface area contributed by atoms with Gasteiger partial charge in [0.05, 0.1) is 12.2 Å². The molecule has 5 nitrogen and oxygen atoms in total. The van der Waals surface area contributed by atoms with Crippen molar-refractivity contribution in [3.63, 3.8) is 0 Å². The quantitative estimate of drug-likeness (QED) is 0.0680. The summed E-state index contributed by atoms with van der Waals surface area (Å²) < 4.78 is 6.21. The molecular formula is C45H82N2O3. The molecule has 2 N–H and O–H groups in total. The first-order chi connectivity index (χ1) is 24.6. The van der Waals surface area contributed by atoms with Gasteiger partial charge in [-0.15, -0.1) is 0 Å². The van der Waals surface area contributed by atoms with E-state index in [0.717, 1.165) is 38.5 Å². The standard InChI is InChI=1S/C45H82N2O3/c1-4-7-10-13-16-19-20-21-22-23-24-25-28-31-34-39-50-43-40-41(44(48)46-37-32-29-26-17-14-11-8-5-2)35-36-42(43)45(49)47-38-33-30-27-18-15-12-9-6-3/h35-36,40H,4-34,37-39H2,1-3H3,(H,46,48)(H,47,49). The van der Waals surface area contributed by atoms with E-state index in [-0.39, 0.29) is 11.8 Å². The van der Waals surface area contributed by atoms with Crippen LogP contribution in [0.3, 0.4) is 0 Å². The lowest BCUT2D eigenvalue weighted by Crippen LogP contribution is -2.26. The summed E-state index contributed by atoms with van der Waals surface area (Å²) in [5, 5.41) is 6.19. The summed E-state index contributed by atoms with van der Waals surface area (Å²) in [6.45, 7) is 8.71. The van der Waals surface area contributed by atoms with Crippen LogP contribution in [0.2, 0.25) is 0 Å². The summed E-state index contributed by atoms with van der Waals surface area (Å²) in [5.74, 6) is 0.338. The number of unbranched alkanes of at least 4 members (excludes halogenated alkanes) is 28. The van der Waals surface area contributed by atoms with Crippen molar-refractivity contribution in [2.24, 2.45) is 0 Å². The van der Waals surface area contributed by atoms with Gasteiger partial charge in [0.1, 0.15) is 5.75 Å². The Hall–Kier alpha value is -2.04. The van der Waals surface area contributed by atoms with Gasteiger partial charge in [0.2, 0.25) is 0 Å². The van der Waals surface area contributed by atoms with Gasteiger partial charge in [-0.2, -0.15) is 0 Å². The molecule has 0 unspecified atom stereocenters. The van der Waals surface area contributed by atoms with Crippen molar-refractivity contribution in [1.29, 1.82) is 0 Å². The van der Waals surface area contributed by atoms with E-state index in [1.807, 2.05) is 0 Å². The van der Waals surface area contributed by atoms with Gasteiger partial charge in [0.25, 0.3) is 11.8 Å². The molecular weight excluding hydrogens is 617 g/mol. The van der Waals surface area contributed by atoms with Crippen molar-refractivity contribution < 1.29 is 14.3 Å². The Labute approximate surface area is 310 Å². The number of nitrogens with one attached hydrogen (secondary N) is 2. The third kappa shape index (κ3) is 26.7. The summed E-state index contributed by atoms with van der Waals surface area (Å²) in [7, 11) is 0. The molecule has 0 radical (unpaired) electrons. The van der Waals surface area contributed by atoms with Crippen molar-refractivity contribution >= 4 is 11.8 Å². The summed E-state index contributed by atoms with van der Waals surface area (Å²) in [6, 6.07) is 5.32. The zero-order chi connectivity index (χ0) is 36.2. The Morgan fingerprint density at radius 1 is 0.440 bits per heavy atom. The lowest BCUT2D eigenvalue weighted by molar-refractivity contribution is 0.0937. The fourth-order valence-electron chi connectivity index (χ4n) is 6.74.